The van der Waals surface area contributed by atoms with Crippen LogP contribution >= 0.6 is 0 Å². The second kappa shape index (κ2) is 6.91. The fourth-order valence-corrected chi connectivity index (χ4v) is 2.11. The van der Waals surface area contributed by atoms with Crippen molar-refractivity contribution in [2.24, 2.45) is 10.8 Å². The number of imidazole rings is 1. The minimum atomic E-state index is -0.795. The number of hydrazone groups is 1. The van der Waals surface area contributed by atoms with Crippen LogP contribution in [0.3, 0.4) is 0 Å². The Kier molecular flexibility index (Phi) is 4.50. The SMILES string of the molecule is Cc1nccn1Cc1nc(-c2cc(C=NNC(N)=O)ccc2F)no1. The van der Waals surface area contributed by atoms with Gasteiger partial charge in [-0.05, 0) is 24.6 Å². The van der Waals surface area contributed by atoms with E-state index in [1.165, 1.54) is 24.4 Å². The molecule has 1 aromatic carbocycles. The minimum absolute atomic E-state index is 0.114. The van der Waals surface area contributed by atoms with Crippen LogP contribution < -0.4 is 11.2 Å². The fraction of sp³-hybridized carbons (Fsp3) is 0.133. The highest BCUT2D eigenvalue weighted by molar-refractivity contribution is 5.83. The first-order chi connectivity index (χ1) is 12.0. The van der Waals surface area contributed by atoms with Gasteiger partial charge in [0.2, 0.25) is 11.7 Å². The molecule has 10 heteroatoms. The number of urea groups is 1. The van der Waals surface area contributed by atoms with Crippen molar-refractivity contribution in [1.29, 1.82) is 0 Å². The van der Waals surface area contributed by atoms with Crippen molar-refractivity contribution in [3.63, 3.8) is 0 Å². The average Bonchev–Trinajstić information content (AvgIpc) is 3.19. The molecule has 2 aromatic heterocycles. The van der Waals surface area contributed by atoms with Gasteiger partial charge < -0.3 is 14.8 Å². The van der Waals surface area contributed by atoms with Gasteiger partial charge in [-0.15, -0.1) is 0 Å². The molecule has 3 aromatic rings. The summed E-state index contributed by atoms with van der Waals surface area (Å²) in [6.45, 7) is 2.18. The number of carbonyl (C=O) groups is 1. The molecule has 2 heterocycles. The van der Waals surface area contributed by atoms with E-state index < -0.39 is 11.8 Å². The highest BCUT2D eigenvalue weighted by Gasteiger charge is 2.14. The van der Waals surface area contributed by atoms with E-state index in [-0.39, 0.29) is 11.4 Å². The molecule has 0 unspecified atom stereocenters. The number of amides is 2. The van der Waals surface area contributed by atoms with Crippen LogP contribution in [0, 0.1) is 12.7 Å². The molecule has 0 fully saturated rings. The maximum Gasteiger partial charge on any atom is 0.332 e. The third-order valence-corrected chi connectivity index (χ3v) is 3.32. The Morgan fingerprint density at radius 2 is 2.36 bits per heavy atom. The van der Waals surface area contributed by atoms with Gasteiger partial charge in [0.1, 0.15) is 18.2 Å². The van der Waals surface area contributed by atoms with E-state index in [0.717, 1.165) is 5.82 Å². The van der Waals surface area contributed by atoms with Crippen molar-refractivity contribution in [3.05, 3.63) is 53.7 Å². The van der Waals surface area contributed by atoms with Crippen LogP contribution in [0.5, 0.6) is 0 Å². The lowest BCUT2D eigenvalue weighted by molar-refractivity contribution is 0.249. The number of nitrogens with one attached hydrogen (secondary N) is 1. The first-order valence-corrected chi connectivity index (χ1v) is 7.21. The van der Waals surface area contributed by atoms with Crippen molar-refractivity contribution in [2.75, 3.05) is 0 Å². The summed E-state index contributed by atoms with van der Waals surface area (Å²) in [5.41, 5.74) is 7.65. The first-order valence-electron chi connectivity index (χ1n) is 7.21. The minimum Gasteiger partial charge on any atom is -0.350 e. The molecule has 0 aliphatic carbocycles. The molecular weight excluding hydrogens is 329 g/mol. The molecule has 0 bridgehead atoms. The number of hydrogen-bond donors (Lipinski definition) is 2. The molecule has 0 saturated heterocycles. The van der Waals surface area contributed by atoms with Gasteiger partial charge >= 0.3 is 6.03 Å². The third kappa shape index (κ3) is 3.86. The molecule has 3 N–H and O–H groups in total. The Morgan fingerprint density at radius 1 is 1.52 bits per heavy atom. The molecular formula is C15H14FN7O2. The number of primary amides is 1. The summed E-state index contributed by atoms with van der Waals surface area (Å²) < 4.78 is 21.1. The Balaban J connectivity index is 1.82. The average molecular weight is 343 g/mol. The Labute approximate surface area is 141 Å². The second-order valence-corrected chi connectivity index (χ2v) is 5.09. The standard InChI is InChI=1S/C15H14FN7O2/c1-9-18-4-5-23(9)8-13-20-14(22-25-13)11-6-10(2-3-12(11)16)7-19-21-15(17)24/h2-7H,8H2,1H3,(H3,17,21,24). The maximum atomic E-state index is 14.1. The molecule has 0 aliphatic rings. The van der Waals surface area contributed by atoms with E-state index in [9.17, 15) is 9.18 Å². The molecule has 0 saturated carbocycles. The first kappa shape index (κ1) is 16.3. The molecule has 0 spiro atoms. The van der Waals surface area contributed by atoms with Gasteiger partial charge in [-0.3, -0.25) is 0 Å². The van der Waals surface area contributed by atoms with Crippen molar-refractivity contribution in [3.8, 4) is 11.4 Å². The summed E-state index contributed by atoms with van der Waals surface area (Å²) in [6.07, 6.45) is 4.77. The zero-order chi connectivity index (χ0) is 17.8. The van der Waals surface area contributed by atoms with E-state index >= 15 is 0 Å². The van der Waals surface area contributed by atoms with E-state index in [4.69, 9.17) is 10.3 Å². The van der Waals surface area contributed by atoms with Crippen molar-refractivity contribution in [1.82, 2.24) is 25.1 Å². The second-order valence-electron chi connectivity index (χ2n) is 5.09. The maximum absolute atomic E-state index is 14.1. The van der Waals surface area contributed by atoms with Gasteiger partial charge in [0.15, 0.2) is 0 Å². The lowest BCUT2D eigenvalue weighted by Crippen LogP contribution is -2.24. The van der Waals surface area contributed by atoms with Crippen LogP contribution in [-0.4, -0.2) is 31.9 Å². The molecule has 128 valence electrons. The zero-order valence-corrected chi connectivity index (χ0v) is 13.2. The van der Waals surface area contributed by atoms with Gasteiger partial charge in [0, 0.05) is 12.4 Å². The number of nitrogens with zero attached hydrogens (tertiary/aromatic N) is 5. The number of rotatable bonds is 5. The van der Waals surface area contributed by atoms with Crippen LogP contribution in [-0.2, 0) is 6.54 Å². The zero-order valence-electron chi connectivity index (χ0n) is 13.2. The van der Waals surface area contributed by atoms with Crippen molar-refractivity contribution >= 4 is 12.2 Å². The number of nitrogens with two attached hydrogens (primary N) is 1. The Hall–Kier alpha value is -3.56. The predicted molar refractivity (Wildman–Crippen MR) is 86.1 cm³/mol. The molecule has 3 rings (SSSR count). The highest BCUT2D eigenvalue weighted by Crippen LogP contribution is 2.21. The molecule has 9 nitrogen and oxygen atoms in total. The number of halogens is 1. The van der Waals surface area contributed by atoms with Crippen molar-refractivity contribution in [2.45, 2.75) is 13.5 Å². The molecule has 0 atom stereocenters. The summed E-state index contributed by atoms with van der Waals surface area (Å²) in [6, 6.07) is 3.42. The van der Waals surface area contributed by atoms with Gasteiger partial charge in [0.05, 0.1) is 11.8 Å². The Bertz CT molecular complexity index is 932. The molecule has 0 radical (unpaired) electrons. The lowest BCUT2D eigenvalue weighted by Gasteiger charge is -2.00. The van der Waals surface area contributed by atoms with Gasteiger partial charge in [-0.2, -0.15) is 10.1 Å². The van der Waals surface area contributed by atoms with Gasteiger partial charge in [0.25, 0.3) is 0 Å². The summed E-state index contributed by atoms with van der Waals surface area (Å²) in [5.74, 6) is 0.727. The van der Waals surface area contributed by atoms with E-state index in [1.54, 1.807) is 12.4 Å². The predicted octanol–water partition coefficient (Wildman–Crippen LogP) is 1.43. The van der Waals surface area contributed by atoms with Gasteiger partial charge in [-0.25, -0.2) is 19.6 Å². The summed E-state index contributed by atoms with van der Waals surface area (Å²) >= 11 is 0. The molecule has 25 heavy (non-hydrogen) atoms. The van der Waals surface area contributed by atoms with Crippen LogP contribution in [0.1, 0.15) is 17.3 Å². The monoisotopic (exact) mass is 343 g/mol. The van der Waals surface area contributed by atoms with Crippen molar-refractivity contribution < 1.29 is 13.7 Å². The largest absolute Gasteiger partial charge is 0.350 e. The van der Waals surface area contributed by atoms with Gasteiger partial charge in [-0.1, -0.05) is 11.2 Å². The number of aryl methyl sites for hydroxylation is 1. The molecule has 0 aliphatic heterocycles. The fourth-order valence-electron chi connectivity index (χ4n) is 2.11. The topological polar surface area (TPSA) is 124 Å². The van der Waals surface area contributed by atoms with Crippen LogP contribution in [0.25, 0.3) is 11.4 Å². The highest BCUT2D eigenvalue weighted by atomic mass is 19.1. The normalized spacial score (nSPS) is 11.1. The van der Waals surface area contributed by atoms with Crippen LogP contribution in [0.2, 0.25) is 0 Å². The quantitative estimate of drug-likeness (QED) is 0.535. The van der Waals surface area contributed by atoms with Crippen LogP contribution in [0.15, 0.2) is 40.2 Å². The van der Waals surface area contributed by atoms with E-state index in [2.05, 4.69) is 25.7 Å². The summed E-state index contributed by atoms with van der Waals surface area (Å²) in [5, 5.41) is 7.44. The summed E-state index contributed by atoms with van der Waals surface area (Å²) in [4.78, 5) is 18.9. The Morgan fingerprint density at radius 3 is 3.08 bits per heavy atom. The third-order valence-electron chi connectivity index (χ3n) is 3.32. The van der Waals surface area contributed by atoms with E-state index in [0.29, 0.717) is 18.0 Å². The molecule has 2 amide bonds. The van der Waals surface area contributed by atoms with Crippen LogP contribution in [0.4, 0.5) is 9.18 Å². The summed E-state index contributed by atoms with van der Waals surface area (Å²) in [7, 11) is 0. The number of hydrogen-bond acceptors (Lipinski definition) is 6. The lowest BCUT2D eigenvalue weighted by atomic mass is 10.1. The number of aromatic nitrogens is 4. The number of carbonyl (C=O) groups excluding carboxylic acids is 1. The number of benzene rings is 1. The van der Waals surface area contributed by atoms with E-state index in [1.807, 2.05) is 11.5 Å². The smallest absolute Gasteiger partial charge is 0.332 e.